The number of hydrogen-bond donors (Lipinski definition) is 0. The predicted molar refractivity (Wildman–Crippen MR) is 135 cm³/mol. The number of amides is 1. The van der Waals surface area contributed by atoms with Crippen molar-refractivity contribution < 1.29 is 14.3 Å². The van der Waals surface area contributed by atoms with E-state index in [4.69, 9.17) is 9.47 Å². The average molecular weight is 491 g/mol. The number of carbonyl (C=O) groups is 1. The van der Waals surface area contributed by atoms with E-state index in [1.54, 1.807) is 6.33 Å². The van der Waals surface area contributed by atoms with Crippen LogP contribution in [0.5, 0.6) is 11.5 Å². The lowest BCUT2D eigenvalue weighted by molar-refractivity contribution is -0.132. The molecule has 8 heteroatoms. The molecule has 2 aliphatic heterocycles. The zero-order chi connectivity index (χ0) is 24.0. The number of rotatable bonds is 4. The zero-order valence-corrected chi connectivity index (χ0v) is 21.0. The second-order valence-corrected chi connectivity index (χ2v) is 10.8. The summed E-state index contributed by atoms with van der Waals surface area (Å²) in [4.78, 5) is 15.7. The highest BCUT2D eigenvalue weighted by atomic mass is 32.2. The van der Waals surface area contributed by atoms with Gasteiger partial charge < -0.3 is 14.4 Å². The maximum Gasteiger partial charge on any atom is 0.233 e. The monoisotopic (exact) mass is 490 g/mol. The van der Waals surface area contributed by atoms with Crippen LogP contribution in [0.15, 0.2) is 47.9 Å². The molecule has 1 saturated carbocycles. The zero-order valence-electron chi connectivity index (χ0n) is 20.2. The summed E-state index contributed by atoms with van der Waals surface area (Å²) in [7, 11) is 0. The lowest BCUT2D eigenvalue weighted by Gasteiger charge is -2.46. The van der Waals surface area contributed by atoms with Crippen molar-refractivity contribution in [3.8, 4) is 17.2 Å². The third kappa shape index (κ3) is 3.97. The van der Waals surface area contributed by atoms with Crippen molar-refractivity contribution in [2.24, 2.45) is 0 Å². The van der Waals surface area contributed by atoms with E-state index in [1.165, 1.54) is 41.3 Å². The van der Waals surface area contributed by atoms with Crippen LogP contribution in [0.25, 0.3) is 5.69 Å². The van der Waals surface area contributed by atoms with Gasteiger partial charge in [0.05, 0.1) is 11.8 Å². The Labute approximate surface area is 209 Å². The number of thioether (sulfide) groups is 1. The van der Waals surface area contributed by atoms with Gasteiger partial charge in [-0.25, -0.2) is 0 Å². The van der Waals surface area contributed by atoms with E-state index in [9.17, 15) is 4.79 Å². The molecule has 182 valence electrons. The topological polar surface area (TPSA) is 69.5 Å². The Morgan fingerprint density at radius 2 is 1.83 bits per heavy atom. The first-order valence-corrected chi connectivity index (χ1v) is 13.4. The minimum Gasteiger partial charge on any atom is -0.486 e. The van der Waals surface area contributed by atoms with Crippen molar-refractivity contribution in [3.05, 3.63) is 59.4 Å². The van der Waals surface area contributed by atoms with Crippen LogP contribution in [-0.2, 0) is 10.2 Å². The second kappa shape index (κ2) is 8.90. The van der Waals surface area contributed by atoms with Crippen LogP contribution in [0.2, 0.25) is 0 Å². The Morgan fingerprint density at radius 1 is 1.11 bits per heavy atom. The van der Waals surface area contributed by atoms with Gasteiger partial charge in [0.15, 0.2) is 16.7 Å². The second-order valence-electron chi connectivity index (χ2n) is 9.88. The fourth-order valence-corrected chi connectivity index (χ4v) is 6.64. The molecule has 6 rings (SSSR count). The number of aryl methyl sites for hydroxylation is 1. The molecule has 0 bridgehead atoms. The molecule has 0 saturated heterocycles. The fraction of sp³-hybridized carbons (Fsp3) is 0.444. The largest absolute Gasteiger partial charge is 0.486 e. The molecule has 0 radical (unpaired) electrons. The third-order valence-corrected chi connectivity index (χ3v) is 8.64. The molecule has 35 heavy (non-hydrogen) atoms. The van der Waals surface area contributed by atoms with Crippen LogP contribution in [0.3, 0.4) is 0 Å². The van der Waals surface area contributed by atoms with Crippen molar-refractivity contribution in [2.45, 2.75) is 56.1 Å². The average Bonchev–Trinajstić information content (AvgIpc) is 3.55. The maximum atomic E-state index is 13.6. The summed E-state index contributed by atoms with van der Waals surface area (Å²) in [6.45, 7) is 6.10. The van der Waals surface area contributed by atoms with Gasteiger partial charge in [-0.2, -0.15) is 0 Å². The van der Waals surface area contributed by atoms with Crippen LogP contribution in [0, 0.1) is 6.92 Å². The van der Waals surface area contributed by atoms with Gasteiger partial charge in [0.2, 0.25) is 5.91 Å². The van der Waals surface area contributed by atoms with Crippen LogP contribution < -0.4 is 9.47 Å². The predicted octanol–water partition coefficient (Wildman–Crippen LogP) is 4.85. The molecule has 2 aromatic carbocycles. The smallest absolute Gasteiger partial charge is 0.233 e. The molecule has 1 spiro atoms. The minimum absolute atomic E-state index is 0.0000709. The third-order valence-electron chi connectivity index (χ3n) is 7.71. The van der Waals surface area contributed by atoms with Crippen LogP contribution in [-0.4, -0.2) is 51.1 Å². The van der Waals surface area contributed by atoms with Crippen LogP contribution in [0.1, 0.15) is 55.3 Å². The maximum absolute atomic E-state index is 13.6. The summed E-state index contributed by atoms with van der Waals surface area (Å²) in [5.41, 5.74) is 4.74. The summed E-state index contributed by atoms with van der Waals surface area (Å²) in [5.74, 6) is 2.10. The number of benzene rings is 2. The molecule has 1 unspecified atom stereocenters. The summed E-state index contributed by atoms with van der Waals surface area (Å²) >= 11 is 1.45. The number of hydrogen-bond acceptors (Lipinski definition) is 6. The van der Waals surface area contributed by atoms with E-state index in [-0.39, 0.29) is 17.4 Å². The number of nitrogens with zero attached hydrogens (tertiary/aromatic N) is 4. The first kappa shape index (κ1) is 22.5. The summed E-state index contributed by atoms with van der Waals surface area (Å²) in [6, 6.07) is 12.5. The van der Waals surface area contributed by atoms with E-state index in [1.807, 2.05) is 16.7 Å². The Hall–Kier alpha value is -3.00. The normalized spacial score (nSPS) is 20.2. The lowest BCUT2D eigenvalue weighted by atomic mass is 9.71. The molecular weight excluding hydrogens is 460 g/mol. The number of ether oxygens (including phenoxy) is 2. The van der Waals surface area contributed by atoms with E-state index in [0.29, 0.717) is 19.0 Å². The first-order chi connectivity index (χ1) is 17.0. The molecule has 3 aliphatic rings. The van der Waals surface area contributed by atoms with E-state index in [0.717, 1.165) is 41.7 Å². The molecule has 7 nitrogen and oxygen atoms in total. The fourth-order valence-electron chi connectivity index (χ4n) is 5.82. The Morgan fingerprint density at radius 3 is 2.57 bits per heavy atom. The van der Waals surface area contributed by atoms with Gasteiger partial charge >= 0.3 is 0 Å². The number of aromatic nitrogens is 3. The molecule has 1 atom stereocenters. The van der Waals surface area contributed by atoms with Crippen molar-refractivity contribution in [1.82, 2.24) is 19.7 Å². The first-order valence-electron chi connectivity index (χ1n) is 12.4. The lowest BCUT2D eigenvalue weighted by Crippen LogP contribution is -2.49. The Bertz CT molecular complexity index is 1250. The van der Waals surface area contributed by atoms with Crippen molar-refractivity contribution in [2.75, 3.05) is 25.5 Å². The van der Waals surface area contributed by atoms with Crippen molar-refractivity contribution >= 4 is 17.7 Å². The molecule has 1 fully saturated rings. The van der Waals surface area contributed by atoms with E-state index in [2.05, 4.69) is 53.2 Å². The van der Waals surface area contributed by atoms with Gasteiger partial charge in [0, 0.05) is 17.6 Å². The molecular formula is C27H30N4O3S. The van der Waals surface area contributed by atoms with Crippen LogP contribution in [0.4, 0.5) is 0 Å². The molecule has 3 heterocycles. The number of fused-ring (bicyclic) bond motifs is 3. The standard InChI is InChI=1S/C27H30N4O3S/c1-18-5-7-20(8-6-18)31-17-28-29-26(31)35-15-25(32)30-16-27(9-3-4-10-27)22-14-24-23(33-11-12-34-24)13-21(22)19(30)2/h5-8,13-14,17,19H,3-4,9-12,15-16H2,1-2H3. The highest BCUT2D eigenvalue weighted by Gasteiger charge is 2.46. The van der Waals surface area contributed by atoms with Crippen molar-refractivity contribution in [3.63, 3.8) is 0 Å². The van der Waals surface area contributed by atoms with E-state index >= 15 is 0 Å². The van der Waals surface area contributed by atoms with Gasteiger partial charge in [-0.05, 0) is 62.1 Å². The van der Waals surface area contributed by atoms with Gasteiger partial charge in [-0.15, -0.1) is 10.2 Å². The SMILES string of the molecule is Cc1ccc(-n2cnnc2SCC(=O)N2CC3(CCCC3)c3cc4c(cc3C2C)OCCO4)cc1. The van der Waals surface area contributed by atoms with Gasteiger partial charge in [0.1, 0.15) is 19.5 Å². The van der Waals surface area contributed by atoms with Gasteiger partial charge in [0.25, 0.3) is 0 Å². The van der Waals surface area contributed by atoms with Crippen LogP contribution >= 0.6 is 11.8 Å². The quantitative estimate of drug-likeness (QED) is 0.487. The Balaban J connectivity index is 1.25. The highest BCUT2D eigenvalue weighted by molar-refractivity contribution is 7.99. The molecule has 1 aromatic heterocycles. The summed E-state index contributed by atoms with van der Waals surface area (Å²) in [6.07, 6.45) is 6.30. The minimum atomic E-state index is -0.0184. The molecule has 0 N–H and O–H groups in total. The summed E-state index contributed by atoms with van der Waals surface area (Å²) < 4.78 is 13.7. The van der Waals surface area contributed by atoms with Gasteiger partial charge in [-0.1, -0.05) is 42.3 Å². The van der Waals surface area contributed by atoms with Gasteiger partial charge in [-0.3, -0.25) is 9.36 Å². The summed E-state index contributed by atoms with van der Waals surface area (Å²) in [5, 5.41) is 9.10. The number of carbonyl (C=O) groups excluding carboxylic acids is 1. The highest BCUT2D eigenvalue weighted by Crippen LogP contribution is 2.52. The Kier molecular flexibility index (Phi) is 5.71. The molecule has 1 amide bonds. The van der Waals surface area contributed by atoms with E-state index < -0.39 is 0 Å². The molecule has 3 aromatic rings. The molecule has 1 aliphatic carbocycles. The van der Waals surface area contributed by atoms with Crippen molar-refractivity contribution in [1.29, 1.82) is 0 Å².